The van der Waals surface area contributed by atoms with Gasteiger partial charge in [-0.25, -0.2) is 0 Å². The maximum absolute atomic E-state index is 12.9. The Bertz CT molecular complexity index is 1450. The predicted molar refractivity (Wildman–Crippen MR) is 146 cm³/mol. The number of carbonyl (C=O) groups is 1. The van der Waals surface area contributed by atoms with Crippen molar-refractivity contribution in [3.8, 4) is 5.75 Å². The number of thioether (sulfide) groups is 1. The molecule has 1 fully saturated rings. The molecule has 178 valence electrons. The van der Waals surface area contributed by atoms with Crippen molar-refractivity contribution < 1.29 is 9.53 Å². The summed E-state index contributed by atoms with van der Waals surface area (Å²) in [6.45, 7) is 7.07. The third kappa shape index (κ3) is 4.66. The lowest BCUT2D eigenvalue weighted by Crippen LogP contribution is -2.31. The Balaban J connectivity index is 1.47. The van der Waals surface area contributed by atoms with Gasteiger partial charge in [0.2, 0.25) is 0 Å². The molecule has 1 aliphatic rings. The molecule has 1 atom stereocenters. The van der Waals surface area contributed by atoms with Gasteiger partial charge in [-0.15, -0.1) is 0 Å². The van der Waals surface area contributed by atoms with Crippen LogP contribution in [0.25, 0.3) is 17.0 Å². The van der Waals surface area contributed by atoms with Crippen LogP contribution in [0, 0.1) is 20.8 Å². The lowest BCUT2D eigenvalue weighted by molar-refractivity contribution is -0.116. The van der Waals surface area contributed by atoms with Crippen LogP contribution in [-0.2, 0) is 11.3 Å². The highest BCUT2D eigenvalue weighted by Crippen LogP contribution is 2.36. The molecule has 0 spiro atoms. The van der Waals surface area contributed by atoms with Crippen molar-refractivity contribution in [2.45, 2.75) is 32.8 Å². The van der Waals surface area contributed by atoms with Crippen LogP contribution >= 0.6 is 11.8 Å². The number of para-hydroxylation sites is 1. The molecule has 1 unspecified atom stereocenters. The van der Waals surface area contributed by atoms with Crippen molar-refractivity contribution in [1.29, 1.82) is 0 Å². The first kappa shape index (κ1) is 23.1. The maximum atomic E-state index is 12.9. The van der Waals surface area contributed by atoms with Gasteiger partial charge in [0.25, 0.3) is 5.91 Å². The number of nitrogens with zero attached hydrogens (tertiary/aromatic N) is 1. The van der Waals surface area contributed by atoms with Crippen LogP contribution in [0.15, 0.2) is 71.6 Å². The monoisotopic (exact) mass is 483 g/mol. The Labute approximate surface area is 210 Å². The van der Waals surface area contributed by atoms with Crippen LogP contribution in [0.4, 0.5) is 5.69 Å². The fourth-order valence-electron chi connectivity index (χ4n) is 4.61. The first-order valence-corrected chi connectivity index (χ1v) is 12.5. The van der Waals surface area contributed by atoms with E-state index in [1.165, 1.54) is 28.4 Å². The molecule has 1 aliphatic heterocycles. The number of rotatable bonds is 6. The molecule has 4 aromatic rings. The smallest absolute Gasteiger partial charge is 0.260 e. The Morgan fingerprint density at radius 3 is 2.63 bits per heavy atom. The summed E-state index contributed by atoms with van der Waals surface area (Å²) in [6.07, 6.45) is 2.03. The van der Waals surface area contributed by atoms with Crippen molar-refractivity contribution in [3.63, 3.8) is 0 Å². The number of aromatic nitrogens is 1. The van der Waals surface area contributed by atoms with Gasteiger partial charge < -0.3 is 19.9 Å². The number of fused-ring (bicyclic) bond motifs is 1. The summed E-state index contributed by atoms with van der Waals surface area (Å²) < 4.78 is 7.82. The standard InChI is InChI=1S/C29H29N3O2S/c1-18-8-7-9-21(14-18)17-32-20(3)23(22-10-5-6-11-25(22)32)16-27-28(33)31-29(35-27)30-24-15-19(2)12-13-26(24)34-4/h5-16,29-30H,17H2,1-4H3,(H,31,33)/b27-16-. The van der Waals surface area contributed by atoms with Crippen LogP contribution in [-0.4, -0.2) is 23.1 Å². The van der Waals surface area contributed by atoms with Gasteiger partial charge >= 0.3 is 0 Å². The molecule has 1 saturated heterocycles. The number of benzene rings is 3. The molecule has 5 nitrogen and oxygen atoms in total. The first-order chi connectivity index (χ1) is 16.9. The van der Waals surface area contributed by atoms with Crippen LogP contribution in [0.1, 0.15) is 27.9 Å². The van der Waals surface area contributed by atoms with E-state index in [1.54, 1.807) is 7.11 Å². The van der Waals surface area contributed by atoms with Gasteiger partial charge in [-0.3, -0.25) is 4.79 Å². The minimum atomic E-state index is -0.273. The van der Waals surface area contributed by atoms with Crippen LogP contribution in [0.2, 0.25) is 0 Å². The van der Waals surface area contributed by atoms with Crippen molar-refractivity contribution in [2.24, 2.45) is 0 Å². The molecule has 3 aromatic carbocycles. The summed E-state index contributed by atoms with van der Waals surface area (Å²) in [6, 6.07) is 23.0. The number of aryl methyl sites for hydroxylation is 2. The number of carbonyl (C=O) groups excluding carboxylic acids is 1. The molecule has 1 aromatic heterocycles. The van der Waals surface area contributed by atoms with Gasteiger partial charge in [-0.05, 0) is 56.2 Å². The average Bonchev–Trinajstić information content (AvgIpc) is 3.31. The summed E-state index contributed by atoms with van der Waals surface area (Å²) in [7, 11) is 1.65. The molecule has 0 bridgehead atoms. The van der Waals surface area contributed by atoms with E-state index in [0.29, 0.717) is 4.91 Å². The number of amides is 1. The number of hydrogen-bond acceptors (Lipinski definition) is 4. The summed E-state index contributed by atoms with van der Waals surface area (Å²) in [5, 5.41) is 7.60. The number of anilines is 1. The Hall–Kier alpha value is -3.64. The molecule has 35 heavy (non-hydrogen) atoms. The second-order valence-electron chi connectivity index (χ2n) is 8.92. The molecule has 2 heterocycles. The lowest BCUT2D eigenvalue weighted by Gasteiger charge is -2.16. The minimum Gasteiger partial charge on any atom is -0.495 e. The van der Waals surface area contributed by atoms with E-state index in [9.17, 15) is 4.79 Å². The molecule has 1 amide bonds. The van der Waals surface area contributed by atoms with Gasteiger partial charge in [-0.2, -0.15) is 0 Å². The van der Waals surface area contributed by atoms with E-state index in [4.69, 9.17) is 4.74 Å². The minimum absolute atomic E-state index is 0.0750. The number of methoxy groups -OCH3 is 1. The summed E-state index contributed by atoms with van der Waals surface area (Å²) in [5.41, 5.74) is 7.61. The van der Waals surface area contributed by atoms with Gasteiger partial charge in [0.15, 0.2) is 5.50 Å². The van der Waals surface area contributed by atoms with E-state index in [1.807, 2.05) is 31.2 Å². The maximum Gasteiger partial charge on any atom is 0.260 e. The van der Waals surface area contributed by atoms with Crippen molar-refractivity contribution >= 4 is 40.3 Å². The Morgan fingerprint density at radius 2 is 1.83 bits per heavy atom. The van der Waals surface area contributed by atoms with E-state index in [0.717, 1.165) is 40.2 Å². The average molecular weight is 484 g/mol. The fourth-order valence-corrected chi connectivity index (χ4v) is 5.57. The number of ether oxygens (including phenoxy) is 1. The zero-order valence-corrected chi connectivity index (χ0v) is 21.2. The van der Waals surface area contributed by atoms with Crippen LogP contribution in [0.5, 0.6) is 5.75 Å². The largest absolute Gasteiger partial charge is 0.495 e. The zero-order chi connectivity index (χ0) is 24.5. The molecule has 6 heteroatoms. The third-order valence-electron chi connectivity index (χ3n) is 6.35. The van der Waals surface area contributed by atoms with Crippen molar-refractivity contribution in [3.05, 3.63) is 99.6 Å². The normalized spacial score (nSPS) is 16.6. The highest BCUT2D eigenvalue weighted by atomic mass is 32.2. The highest BCUT2D eigenvalue weighted by molar-refractivity contribution is 8.05. The number of hydrogen-bond donors (Lipinski definition) is 2. The molecular weight excluding hydrogens is 454 g/mol. The van der Waals surface area contributed by atoms with E-state index >= 15 is 0 Å². The van der Waals surface area contributed by atoms with Crippen molar-refractivity contribution in [2.75, 3.05) is 12.4 Å². The van der Waals surface area contributed by atoms with Crippen molar-refractivity contribution in [1.82, 2.24) is 9.88 Å². The Morgan fingerprint density at radius 1 is 1.03 bits per heavy atom. The van der Waals surface area contributed by atoms with Crippen LogP contribution < -0.4 is 15.4 Å². The fraction of sp³-hybridized carbons (Fsp3) is 0.207. The Kier molecular flexibility index (Phi) is 6.31. The lowest BCUT2D eigenvalue weighted by atomic mass is 10.1. The second kappa shape index (κ2) is 9.55. The molecule has 0 radical (unpaired) electrons. The van der Waals surface area contributed by atoms with Gasteiger partial charge in [0.1, 0.15) is 5.75 Å². The zero-order valence-electron chi connectivity index (χ0n) is 20.4. The van der Waals surface area contributed by atoms with Gasteiger partial charge in [-0.1, -0.05) is 65.9 Å². The van der Waals surface area contributed by atoms with E-state index in [2.05, 4.69) is 77.6 Å². The van der Waals surface area contributed by atoms with Gasteiger partial charge in [0, 0.05) is 28.7 Å². The summed E-state index contributed by atoms with van der Waals surface area (Å²) in [4.78, 5) is 13.6. The van der Waals surface area contributed by atoms with E-state index < -0.39 is 0 Å². The highest BCUT2D eigenvalue weighted by Gasteiger charge is 2.28. The van der Waals surface area contributed by atoms with E-state index in [-0.39, 0.29) is 11.4 Å². The summed E-state index contributed by atoms with van der Waals surface area (Å²) >= 11 is 1.49. The molecule has 2 N–H and O–H groups in total. The quantitative estimate of drug-likeness (QED) is 0.320. The van der Waals surface area contributed by atoms with Gasteiger partial charge in [0.05, 0.1) is 17.7 Å². The molecular formula is C29H29N3O2S. The first-order valence-electron chi connectivity index (χ1n) is 11.7. The number of nitrogens with one attached hydrogen (secondary N) is 2. The third-order valence-corrected chi connectivity index (χ3v) is 7.38. The molecule has 5 rings (SSSR count). The predicted octanol–water partition coefficient (Wildman–Crippen LogP) is 6.22. The summed E-state index contributed by atoms with van der Waals surface area (Å²) in [5.74, 6) is 0.673. The van der Waals surface area contributed by atoms with Crippen LogP contribution in [0.3, 0.4) is 0 Å². The molecule has 0 saturated carbocycles. The second-order valence-corrected chi connectivity index (χ2v) is 10.1. The topological polar surface area (TPSA) is 55.3 Å². The SMILES string of the molecule is COc1ccc(C)cc1NC1NC(=O)/C(=C/c2c(C)n(Cc3cccc(C)c3)c3ccccc23)S1. The molecule has 0 aliphatic carbocycles.